The standard InChI is InChI=1S/C27H53NO4/c1-3-5-7-9-11-13-15-17-19-21-26(31)25(23-29)28-27(32)22-24(30)20-18-16-14-12-10-8-6-4-2/h19,21,24-26,29-31H,3-18,20,22-23H2,1-2H3,(H,28,32)/b21-19+. The fourth-order valence-electron chi connectivity index (χ4n) is 3.92. The summed E-state index contributed by atoms with van der Waals surface area (Å²) in [5.41, 5.74) is 0. The van der Waals surface area contributed by atoms with Gasteiger partial charge in [-0.05, 0) is 19.3 Å². The van der Waals surface area contributed by atoms with Crippen LogP contribution in [-0.4, -0.2) is 46.1 Å². The number of aliphatic hydroxyl groups excluding tert-OH is 3. The number of carbonyl (C=O) groups excluding carboxylic acids is 1. The van der Waals surface area contributed by atoms with Gasteiger partial charge in [-0.15, -0.1) is 0 Å². The first kappa shape index (κ1) is 31.1. The van der Waals surface area contributed by atoms with E-state index in [0.717, 1.165) is 25.7 Å². The van der Waals surface area contributed by atoms with Gasteiger partial charge in [-0.1, -0.05) is 116 Å². The van der Waals surface area contributed by atoms with E-state index in [4.69, 9.17) is 0 Å². The maximum absolute atomic E-state index is 12.2. The van der Waals surface area contributed by atoms with E-state index in [1.54, 1.807) is 6.08 Å². The number of amides is 1. The second-order valence-corrected chi connectivity index (χ2v) is 9.31. The van der Waals surface area contributed by atoms with Gasteiger partial charge in [0, 0.05) is 0 Å². The molecule has 0 aromatic rings. The Bertz CT molecular complexity index is 441. The minimum atomic E-state index is -0.918. The number of nitrogens with one attached hydrogen (secondary N) is 1. The second kappa shape index (κ2) is 23.3. The van der Waals surface area contributed by atoms with E-state index < -0.39 is 18.2 Å². The molecule has 0 bridgehead atoms. The SMILES string of the molecule is CCCCCCCCC/C=C/C(O)C(CO)NC(=O)CC(O)CCCCCCCCCC. The first-order valence-corrected chi connectivity index (χ1v) is 13.5. The fourth-order valence-corrected chi connectivity index (χ4v) is 3.92. The molecule has 0 rings (SSSR count). The second-order valence-electron chi connectivity index (χ2n) is 9.31. The molecule has 0 fully saturated rings. The molecule has 0 aromatic carbocycles. The molecule has 5 heteroatoms. The molecular formula is C27H53NO4. The molecule has 32 heavy (non-hydrogen) atoms. The smallest absolute Gasteiger partial charge is 0.222 e. The molecule has 190 valence electrons. The zero-order valence-electron chi connectivity index (χ0n) is 21.1. The highest BCUT2D eigenvalue weighted by molar-refractivity contribution is 5.76. The van der Waals surface area contributed by atoms with Gasteiger partial charge in [0.15, 0.2) is 0 Å². The van der Waals surface area contributed by atoms with Crippen molar-refractivity contribution in [3.05, 3.63) is 12.2 Å². The molecule has 0 saturated heterocycles. The summed E-state index contributed by atoms with van der Waals surface area (Å²) in [5.74, 6) is -0.323. The summed E-state index contributed by atoms with van der Waals surface area (Å²) in [6.07, 6.45) is 21.9. The first-order valence-electron chi connectivity index (χ1n) is 13.5. The predicted molar refractivity (Wildman–Crippen MR) is 135 cm³/mol. The minimum absolute atomic E-state index is 0.0153. The van der Waals surface area contributed by atoms with Gasteiger partial charge in [0.2, 0.25) is 5.91 Å². The maximum atomic E-state index is 12.2. The van der Waals surface area contributed by atoms with Crippen molar-refractivity contribution < 1.29 is 20.1 Å². The number of allylic oxidation sites excluding steroid dienone is 1. The lowest BCUT2D eigenvalue weighted by atomic mass is 10.0. The largest absolute Gasteiger partial charge is 0.394 e. The van der Waals surface area contributed by atoms with Crippen molar-refractivity contribution in [3.8, 4) is 0 Å². The van der Waals surface area contributed by atoms with E-state index >= 15 is 0 Å². The van der Waals surface area contributed by atoms with Crippen LogP contribution in [0.3, 0.4) is 0 Å². The van der Waals surface area contributed by atoms with Gasteiger partial charge >= 0.3 is 0 Å². The van der Waals surface area contributed by atoms with Crippen molar-refractivity contribution in [2.45, 2.75) is 148 Å². The van der Waals surface area contributed by atoms with Crippen LogP contribution in [0.25, 0.3) is 0 Å². The van der Waals surface area contributed by atoms with Crippen LogP contribution in [0.4, 0.5) is 0 Å². The summed E-state index contributed by atoms with van der Waals surface area (Å²) >= 11 is 0. The van der Waals surface area contributed by atoms with Gasteiger partial charge in [0.25, 0.3) is 0 Å². The number of rotatable bonds is 23. The fraction of sp³-hybridized carbons (Fsp3) is 0.889. The van der Waals surface area contributed by atoms with Crippen molar-refractivity contribution in [1.82, 2.24) is 5.32 Å². The molecule has 0 radical (unpaired) electrons. The van der Waals surface area contributed by atoms with Crippen LogP contribution in [0.2, 0.25) is 0 Å². The lowest BCUT2D eigenvalue weighted by Crippen LogP contribution is -2.45. The molecule has 0 aliphatic carbocycles. The summed E-state index contributed by atoms with van der Waals surface area (Å²) < 4.78 is 0. The van der Waals surface area contributed by atoms with Crippen LogP contribution in [-0.2, 0) is 4.79 Å². The topological polar surface area (TPSA) is 89.8 Å². The number of carbonyl (C=O) groups is 1. The summed E-state index contributed by atoms with van der Waals surface area (Å²) in [7, 11) is 0. The van der Waals surface area contributed by atoms with Gasteiger partial charge in [-0.3, -0.25) is 4.79 Å². The van der Waals surface area contributed by atoms with E-state index in [-0.39, 0.29) is 18.9 Å². The van der Waals surface area contributed by atoms with E-state index in [1.165, 1.54) is 77.0 Å². The van der Waals surface area contributed by atoms with Crippen molar-refractivity contribution in [2.24, 2.45) is 0 Å². The van der Waals surface area contributed by atoms with Crippen LogP contribution >= 0.6 is 0 Å². The third kappa shape index (κ3) is 19.8. The highest BCUT2D eigenvalue weighted by atomic mass is 16.3. The molecule has 3 atom stereocenters. The Morgan fingerprint density at radius 1 is 0.781 bits per heavy atom. The van der Waals surface area contributed by atoms with Crippen molar-refractivity contribution in [3.63, 3.8) is 0 Å². The predicted octanol–water partition coefficient (Wildman–Crippen LogP) is 5.80. The normalized spacial score (nSPS) is 14.5. The Kier molecular flexibility index (Phi) is 22.6. The zero-order valence-corrected chi connectivity index (χ0v) is 21.1. The summed E-state index contributed by atoms with van der Waals surface area (Å²) in [6.45, 7) is 4.11. The van der Waals surface area contributed by atoms with Crippen molar-refractivity contribution >= 4 is 5.91 Å². The van der Waals surface area contributed by atoms with Crippen molar-refractivity contribution in [2.75, 3.05) is 6.61 Å². The number of hydrogen-bond acceptors (Lipinski definition) is 4. The molecule has 0 saturated carbocycles. The minimum Gasteiger partial charge on any atom is -0.394 e. The van der Waals surface area contributed by atoms with Crippen LogP contribution in [0, 0.1) is 0 Å². The highest BCUT2D eigenvalue weighted by Gasteiger charge is 2.20. The molecule has 5 nitrogen and oxygen atoms in total. The van der Waals surface area contributed by atoms with Crippen LogP contribution in [0.15, 0.2) is 12.2 Å². The first-order chi connectivity index (χ1) is 15.5. The quantitative estimate of drug-likeness (QED) is 0.116. The van der Waals surface area contributed by atoms with E-state index in [0.29, 0.717) is 6.42 Å². The molecule has 0 aliphatic rings. The molecule has 3 unspecified atom stereocenters. The third-order valence-electron chi connectivity index (χ3n) is 6.07. The number of aliphatic hydroxyl groups is 3. The van der Waals surface area contributed by atoms with Gasteiger partial charge in [-0.2, -0.15) is 0 Å². The Morgan fingerprint density at radius 2 is 1.28 bits per heavy atom. The van der Waals surface area contributed by atoms with Gasteiger partial charge in [0.05, 0.1) is 31.3 Å². The van der Waals surface area contributed by atoms with Crippen LogP contribution < -0.4 is 5.32 Å². The van der Waals surface area contributed by atoms with Crippen molar-refractivity contribution in [1.29, 1.82) is 0 Å². The number of hydrogen-bond donors (Lipinski definition) is 4. The Morgan fingerprint density at radius 3 is 1.81 bits per heavy atom. The maximum Gasteiger partial charge on any atom is 0.222 e. The molecule has 0 aromatic heterocycles. The average Bonchev–Trinajstić information content (AvgIpc) is 2.77. The lowest BCUT2D eigenvalue weighted by molar-refractivity contribution is -0.124. The van der Waals surface area contributed by atoms with E-state index in [9.17, 15) is 20.1 Å². The molecular weight excluding hydrogens is 402 g/mol. The average molecular weight is 456 g/mol. The van der Waals surface area contributed by atoms with E-state index in [2.05, 4.69) is 19.2 Å². The van der Waals surface area contributed by atoms with E-state index in [1.807, 2.05) is 6.08 Å². The molecule has 0 heterocycles. The Labute approximate surface area is 198 Å². The summed E-state index contributed by atoms with van der Waals surface area (Å²) in [5, 5.41) is 32.5. The summed E-state index contributed by atoms with van der Waals surface area (Å²) in [6, 6.07) is -0.733. The monoisotopic (exact) mass is 455 g/mol. The van der Waals surface area contributed by atoms with Gasteiger partial charge < -0.3 is 20.6 Å². The Balaban J connectivity index is 3.89. The van der Waals surface area contributed by atoms with Crippen LogP contribution in [0.1, 0.15) is 129 Å². The number of unbranched alkanes of at least 4 members (excludes halogenated alkanes) is 14. The molecule has 1 amide bonds. The Hall–Kier alpha value is -0.910. The highest BCUT2D eigenvalue weighted by Crippen LogP contribution is 2.12. The molecule has 0 spiro atoms. The third-order valence-corrected chi connectivity index (χ3v) is 6.07. The summed E-state index contributed by atoms with van der Waals surface area (Å²) in [4.78, 5) is 12.2. The van der Waals surface area contributed by atoms with Gasteiger partial charge in [-0.25, -0.2) is 0 Å². The lowest BCUT2D eigenvalue weighted by Gasteiger charge is -2.21. The van der Waals surface area contributed by atoms with Crippen LogP contribution in [0.5, 0.6) is 0 Å². The zero-order chi connectivity index (χ0) is 23.9. The van der Waals surface area contributed by atoms with Gasteiger partial charge in [0.1, 0.15) is 0 Å². The molecule has 4 N–H and O–H groups in total. The molecule has 0 aliphatic heterocycles.